The molecule has 0 aliphatic heterocycles. The highest BCUT2D eigenvalue weighted by Crippen LogP contribution is 2.19. The van der Waals surface area contributed by atoms with Gasteiger partial charge in [0, 0.05) is 18.8 Å². The van der Waals surface area contributed by atoms with Crippen molar-refractivity contribution in [3.8, 4) is 0 Å². The van der Waals surface area contributed by atoms with Gasteiger partial charge < -0.3 is 16.4 Å². The Labute approximate surface area is 169 Å². The molecular formula is C25H31N3. The van der Waals surface area contributed by atoms with Gasteiger partial charge in [-0.25, -0.2) is 0 Å². The van der Waals surface area contributed by atoms with E-state index in [4.69, 9.17) is 5.73 Å². The number of hydrogen-bond acceptors (Lipinski definition) is 3. The van der Waals surface area contributed by atoms with E-state index in [-0.39, 0.29) is 0 Å². The molecule has 4 N–H and O–H groups in total. The number of nitrogens with two attached hydrogens (primary N) is 1. The number of anilines is 2. The first-order valence-corrected chi connectivity index (χ1v) is 9.73. The van der Waals surface area contributed by atoms with Gasteiger partial charge in [0.05, 0.1) is 11.4 Å². The first-order valence-electron chi connectivity index (χ1n) is 9.73. The summed E-state index contributed by atoms with van der Waals surface area (Å²) in [6.45, 7) is 11.8. The maximum absolute atomic E-state index is 5.93. The van der Waals surface area contributed by atoms with Gasteiger partial charge in [0.1, 0.15) is 0 Å². The zero-order valence-electron chi connectivity index (χ0n) is 16.7. The van der Waals surface area contributed by atoms with Gasteiger partial charge in [0.2, 0.25) is 0 Å². The average molecular weight is 374 g/mol. The van der Waals surface area contributed by atoms with Gasteiger partial charge in [-0.1, -0.05) is 73.9 Å². The molecule has 3 heteroatoms. The van der Waals surface area contributed by atoms with Crippen LogP contribution in [0.3, 0.4) is 0 Å². The highest BCUT2D eigenvalue weighted by atomic mass is 14.9. The van der Waals surface area contributed by atoms with E-state index in [9.17, 15) is 0 Å². The normalized spacial score (nSPS) is 11.4. The average Bonchev–Trinajstić information content (AvgIpc) is 2.71. The monoisotopic (exact) mass is 373 g/mol. The molecule has 2 rings (SSSR count). The number of nitrogens with one attached hydrogen (secondary N) is 2. The fourth-order valence-corrected chi connectivity index (χ4v) is 2.89. The van der Waals surface area contributed by atoms with Crippen molar-refractivity contribution in [3.05, 3.63) is 97.1 Å². The molecule has 0 atom stereocenters. The van der Waals surface area contributed by atoms with Crippen LogP contribution in [0.25, 0.3) is 11.3 Å². The molecule has 0 unspecified atom stereocenters. The third-order valence-corrected chi connectivity index (χ3v) is 4.43. The molecule has 0 aliphatic carbocycles. The summed E-state index contributed by atoms with van der Waals surface area (Å²) in [7, 11) is 0. The Balaban J connectivity index is 1.75. The second-order valence-electron chi connectivity index (χ2n) is 6.56. The standard InChI is InChI=1S/C25H31N3/c1-4-10-22(11-5-2)23-16-14-21(15-17-23)20(3)27-18-8-9-19-28-25-13-7-6-12-24(25)26/h4-7,10-17,27-28H,1,3,8-9,18-19,26H2,2H3/b11-5-,22-10+. The van der Waals surface area contributed by atoms with Gasteiger partial charge in [-0.15, -0.1) is 0 Å². The first kappa shape index (κ1) is 21.1. The van der Waals surface area contributed by atoms with E-state index in [1.807, 2.05) is 49.4 Å². The predicted octanol–water partition coefficient (Wildman–Crippen LogP) is 5.87. The SMILES string of the molecule is C=C/C=C(\C=C/C)c1ccc(C(=C)NCCCCNc2ccccc2N)cc1. The summed E-state index contributed by atoms with van der Waals surface area (Å²) in [6, 6.07) is 16.3. The van der Waals surface area contributed by atoms with Crippen LogP contribution in [0.4, 0.5) is 11.4 Å². The van der Waals surface area contributed by atoms with Crippen LogP contribution >= 0.6 is 0 Å². The van der Waals surface area contributed by atoms with Crippen molar-refractivity contribution in [1.82, 2.24) is 5.32 Å². The lowest BCUT2D eigenvalue weighted by Gasteiger charge is -2.12. The topological polar surface area (TPSA) is 50.1 Å². The van der Waals surface area contributed by atoms with E-state index < -0.39 is 0 Å². The van der Waals surface area contributed by atoms with Crippen LogP contribution in [0.15, 0.2) is 86.0 Å². The van der Waals surface area contributed by atoms with Crippen LogP contribution in [0.2, 0.25) is 0 Å². The molecule has 0 aliphatic rings. The number of rotatable bonds is 11. The van der Waals surface area contributed by atoms with Gasteiger partial charge in [-0.2, -0.15) is 0 Å². The molecule has 0 saturated carbocycles. The van der Waals surface area contributed by atoms with Crippen LogP contribution in [0, 0.1) is 0 Å². The fourth-order valence-electron chi connectivity index (χ4n) is 2.89. The molecule has 28 heavy (non-hydrogen) atoms. The molecule has 0 bridgehead atoms. The van der Waals surface area contributed by atoms with Crippen LogP contribution < -0.4 is 16.4 Å². The lowest BCUT2D eigenvalue weighted by molar-refractivity contribution is 0.724. The molecule has 3 nitrogen and oxygen atoms in total. The van der Waals surface area contributed by atoms with Crippen molar-refractivity contribution in [3.63, 3.8) is 0 Å². The van der Waals surface area contributed by atoms with Crippen molar-refractivity contribution in [2.75, 3.05) is 24.1 Å². The van der Waals surface area contributed by atoms with Crippen LogP contribution in [-0.2, 0) is 0 Å². The lowest BCUT2D eigenvalue weighted by Crippen LogP contribution is -2.14. The molecule has 0 fully saturated rings. The zero-order valence-corrected chi connectivity index (χ0v) is 16.7. The van der Waals surface area contributed by atoms with E-state index in [0.29, 0.717) is 0 Å². The highest BCUT2D eigenvalue weighted by molar-refractivity contribution is 5.76. The van der Waals surface area contributed by atoms with Gasteiger partial charge >= 0.3 is 0 Å². The van der Waals surface area contributed by atoms with Crippen molar-refractivity contribution in [1.29, 1.82) is 0 Å². The van der Waals surface area contributed by atoms with Gasteiger partial charge in [0.15, 0.2) is 0 Å². The Morgan fingerprint density at radius 3 is 2.36 bits per heavy atom. The van der Waals surface area contributed by atoms with E-state index in [1.165, 1.54) is 5.56 Å². The Morgan fingerprint density at radius 2 is 1.68 bits per heavy atom. The summed E-state index contributed by atoms with van der Waals surface area (Å²) in [5.74, 6) is 0. The third-order valence-electron chi connectivity index (χ3n) is 4.43. The molecule has 0 amide bonds. The smallest absolute Gasteiger partial charge is 0.0573 e. The largest absolute Gasteiger partial charge is 0.397 e. The molecule has 0 radical (unpaired) electrons. The molecule has 2 aromatic carbocycles. The lowest BCUT2D eigenvalue weighted by atomic mass is 10.0. The van der Waals surface area contributed by atoms with E-state index >= 15 is 0 Å². The van der Waals surface area contributed by atoms with Gasteiger partial charge in [-0.3, -0.25) is 0 Å². The molecule has 0 heterocycles. The van der Waals surface area contributed by atoms with Crippen molar-refractivity contribution >= 4 is 22.6 Å². The minimum absolute atomic E-state index is 0.790. The minimum Gasteiger partial charge on any atom is -0.397 e. The van der Waals surface area contributed by atoms with Crippen LogP contribution in [0.5, 0.6) is 0 Å². The van der Waals surface area contributed by atoms with Crippen molar-refractivity contribution < 1.29 is 0 Å². The second-order valence-corrected chi connectivity index (χ2v) is 6.56. The number of hydrogen-bond donors (Lipinski definition) is 3. The summed E-state index contributed by atoms with van der Waals surface area (Å²) in [6.07, 6.45) is 10.1. The summed E-state index contributed by atoms with van der Waals surface area (Å²) in [5, 5.41) is 6.79. The van der Waals surface area contributed by atoms with Gasteiger partial charge in [0.25, 0.3) is 0 Å². The zero-order chi connectivity index (χ0) is 20.2. The summed E-state index contributed by atoms with van der Waals surface area (Å²) in [5.41, 5.74) is 12.1. The highest BCUT2D eigenvalue weighted by Gasteiger charge is 2.01. The summed E-state index contributed by atoms with van der Waals surface area (Å²) in [4.78, 5) is 0. The van der Waals surface area contributed by atoms with E-state index in [2.05, 4.69) is 54.1 Å². The molecule has 0 saturated heterocycles. The molecule has 0 aromatic heterocycles. The van der Waals surface area contributed by atoms with E-state index in [1.54, 1.807) is 0 Å². The number of nitrogen functional groups attached to an aromatic ring is 1. The first-order chi connectivity index (χ1) is 13.7. The summed E-state index contributed by atoms with van der Waals surface area (Å²) < 4.78 is 0. The Morgan fingerprint density at radius 1 is 1.00 bits per heavy atom. The maximum Gasteiger partial charge on any atom is 0.0573 e. The summed E-state index contributed by atoms with van der Waals surface area (Å²) >= 11 is 0. The van der Waals surface area contributed by atoms with Gasteiger partial charge in [-0.05, 0) is 48.6 Å². The predicted molar refractivity (Wildman–Crippen MR) is 125 cm³/mol. The number of para-hydroxylation sites is 2. The minimum atomic E-state index is 0.790. The quantitative estimate of drug-likeness (QED) is 0.262. The Hall–Kier alpha value is -3.20. The molecular weight excluding hydrogens is 342 g/mol. The number of benzene rings is 2. The van der Waals surface area contributed by atoms with Crippen molar-refractivity contribution in [2.45, 2.75) is 19.8 Å². The van der Waals surface area contributed by atoms with E-state index in [0.717, 1.165) is 54.1 Å². The Bertz CT molecular complexity index is 829. The molecule has 146 valence electrons. The second kappa shape index (κ2) is 11.5. The van der Waals surface area contributed by atoms with Crippen LogP contribution in [-0.4, -0.2) is 13.1 Å². The molecule has 0 spiro atoms. The number of unbranched alkanes of at least 4 members (excludes halogenated alkanes) is 1. The van der Waals surface area contributed by atoms with Crippen molar-refractivity contribution in [2.24, 2.45) is 0 Å². The number of allylic oxidation sites excluding steroid dienone is 5. The molecule has 2 aromatic rings. The maximum atomic E-state index is 5.93. The van der Waals surface area contributed by atoms with Crippen LogP contribution in [0.1, 0.15) is 30.9 Å². The third kappa shape index (κ3) is 6.51. The fraction of sp³-hybridized carbons (Fsp3) is 0.200. The Kier molecular flexibility index (Phi) is 8.67.